The summed E-state index contributed by atoms with van der Waals surface area (Å²) in [5.41, 5.74) is 3.41. The van der Waals surface area contributed by atoms with Gasteiger partial charge in [0.25, 0.3) is 5.56 Å². The smallest absolute Gasteiger partial charge is 0.256 e. The second kappa shape index (κ2) is 6.75. The van der Waals surface area contributed by atoms with Gasteiger partial charge < -0.3 is 9.84 Å². The Morgan fingerprint density at radius 1 is 1.18 bits per heavy atom. The van der Waals surface area contributed by atoms with Gasteiger partial charge in [0.15, 0.2) is 0 Å². The van der Waals surface area contributed by atoms with E-state index in [1.54, 1.807) is 13.8 Å². The molecule has 0 saturated heterocycles. The first-order valence-corrected chi connectivity index (χ1v) is 7.28. The molecule has 1 atom stereocenters. The molecule has 1 unspecified atom stereocenters. The van der Waals surface area contributed by atoms with Crippen LogP contribution in [-0.2, 0) is 6.54 Å². The van der Waals surface area contributed by atoms with Gasteiger partial charge in [-0.3, -0.25) is 9.36 Å². The van der Waals surface area contributed by atoms with Gasteiger partial charge in [0.05, 0.1) is 12.9 Å². The average molecular weight is 302 g/mol. The Balaban J connectivity index is 2.00. The topological polar surface area (TPSA) is 64.3 Å². The summed E-state index contributed by atoms with van der Waals surface area (Å²) in [4.78, 5) is 16.2. The van der Waals surface area contributed by atoms with E-state index >= 15 is 0 Å². The Labute approximate surface area is 130 Å². The largest absolute Gasteiger partial charge is 0.491 e. The highest BCUT2D eigenvalue weighted by atomic mass is 16.5. The van der Waals surface area contributed by atoms with Crippen LogP contribution in [0, 0.1) is 27.7 Å². The fourth-order valence-electron chi connectivity index (χ4n) is 2.29. The first-order chi connectivity index (χ1) is 10.4. The van der Waals surface area contributed by atoms with E-state index in [0.717, 1.165) is 16.9 Å². The minimum Gasteiger partial charge on any atom is -0.491 e. The Kier molecular flexibility index (Phi) is 4.98. The standard InChI is InChI=1S/C17H22N2O3/c1-11-5-12(2)7-16(6-11)22-9-15(20)8-19-10-18-14(4)13(3)17(19)21/h5-7,10,15,20H,8-9H2,1-4H3. The van der Waals surface area contributed by atoms with E-state index in [0.29, 0.717) is 11.3 Å². The molecule has 0 bridgehead atoms. The Morgan fingerprint density at radius 3 is 2.45 bits per heavy atom. The summed E-state index contributed by atoms with van der Waals surface area (Å²) in [5, 5.41) is 10.1. The predicted molar refractivity (Wildman–Crippen MR) is 85.4 cm³/mol. The van der Waals surface area contributed by atoms with E-state index in [-0.39, 0.29) is 18.7 Å². The summed E-state index contributed by atoms with van der Waals surface area (Å²) >= 11 is 0. The zero-order valence-electron chi connectivity index (χ0n) is 13.5. The summed E-state index contributed by atoms with van der Waals surface area (Å²) in [6, 6.07) is 5.90. The van der Waals surface area contributed by atoms with E-state index in [1.807, 2.05) is 26.0 Å². The van der Waals surface area contributed by atoms with Crippen molar-refractivity contribution in [2.24, 2.45) is 0 Å². The quantitative estimate of drug-likeness (QED) is 0.916. The normalized spacial score (nSPS) is 12.2. The average Bonchev–Trinajstić information content (AvgIpc) is 2.45. The highest BCUT2D eigenvalue weighted by molar-refractivity contribution is 5.33. The first kappa shape index (κ1) is 16.2. The van der Waals surface area contributed by atoms with Crippen LogP contribution in [0.3, 0.4) is 0 Å². The number of ether oxygens (including phenoxy) is 1. The number of rotatable bonds is 5. The van der Waals surface area contributed by atoms with Crippen molar-refractivity contribution in [2.75, 3.05) is 6.61 Å². The van der Waals surface area contributed by atoms with E-state index in [2.05, 4.69) is 11.1 Å². The summed E-state index contributed by atoms with van der Waals surface area (Å²) < 4.78 is 7.02. The van der Waals surface area contributed by atoms with Crippen molar-refractivity contribution in [2.45, 2.75) is 40.3 Å². The molecule has 0 aliphatic rings. The van der Waals surface area contributed by atoms with E-state index in [1.165, 1.54) is 10.9 Å². The minimum absolute atomic E-state index is 0.127. The number of aryl methyl sites for hydroxylation is 3. The summed E-state index contributed by atoms with van der Waals surface area (Å²) in [5.74, 6) is 0.724. The molecule has 1 aromatic carbocycles. The van der Waals surface area contributed by atoms with Crippen LogP contribution in [0.2, 0.25) is 0 Å². The summed E-state index contributed by atoms with van der Waals surface area (Å²) in [7, 11) is 0. The number of aliphatic hydroxyl groups excluding tert-OH is 1. The molecule has 0 aliphatic carbocycles. The molecule has 1 aromatic heterocycles. The number of benzene rings is 1. The zero-order valence-corrected chi connectivity index (χ0v) is 13.5. The van der Waals surface area contributed by atoms with Gasteiger partial charge in [-0.05, 0) is 51.0 Å². The fourth-order valence-corrected chi connectivity index (χ4v) is 2.29. The van der Waals surface area contributed by atoms with Gasteiger partial charge >= 0.3 is 0 Å². The second-order valence-electron chi connectivity index (χ2n) is 5.70. The molecule has 0 radical (unpaired) electrons. The minimum atomic E-state index is -0.776. The Bertz CT molecular complexity index is 702. The van der Waals surface area contributed by atoms with Crippen molar-refractivity contribution < 1.29 is 9.84 Å². The molecule has 0 fully saturated rings. The van der Waals surface area contributed by atoms with E-state index in [9.17, 15) is 9.90 Å². The SMILES string of the molecule is Cc1cc(C)cc(OCC(O)Cn2cnc(C)c(C)c2=O)c1. The third-order valence-electron chi connectivity index (χ3n) is 3.56. The van der Waals surface area contributed by atoms with Crippen LogP contribution in [0.25, 0.3) is 0 Å². The van der Waals surface area contributed by atoms with Crippen molar-refractivity contribution in [1.82, 2.24) is 9.55 Å². The zero-order chi connectivity index (χ0) is 16.3. The molecule has 0 spiro atoms. The van der Waals surface area contributed by atoms with Crippen LogP contribution in [0.1, 0.15) is 22.4 Å². The van der Waals surface area contributed by atoms with Gasteiger partial charge in [-0.2, -0.15) is 0 Å². The molecular formula is C17H22N2O3. The van der Waals surface area contributed by atoms with Crippen molar-refractivity contribution in [1.29, 1.82) is 0 Å². The van der Waals surface area contributed by atoms with Gasteiger partial charge in [0, 0.05) is 11.3 Å². The Hall–Kier alpha value is -2.14. The lowest BCUT2D eigenvalue weighted by Crippen LogP contribution is -2.31. The molecule has 2 aromatic rings. The van der Waals surface area contributed by atoms with E-state index in [4.69, 9.17) is 4.74 Å². The molecule has 0 amide bonds. The molecule has 2 rings (SSSR count). The monoisotopic (exact) mass is 302 g/mol. The van der Waals surface area contributed by atoms with Gasteiger partial charge in [0.1, 0.15) is 18.5 Å². The van der Waals surface area contributed by atoms with E-state index < -0.39 is 6.10 Å². The molecular weight excluding hydrogens is 280 g/mol. The van der Waals surface area contributed by atoms with Crippen LogP contribution < -0.4 is 10.3 Å². The number of hydrogen-bond acceptors (Lipinski definition) is 4. The first-order valence-electron chi connectivity index (χ1n) is 7.28. The van der Waals surface area contributed by atoms with Crippen molar-refractivity contribution in [3.63, 3.8) is 0 Å². The van der Waals surface area contributed by atoms with Crippen LogP contribution >= 0.6 is 0 Å². The molecule has 22 heavy (non-hydrogen) atoms. The lowest BCUT2D eigenvalue weighted by atomic mass is 10.1. The number of nitrogens with zero attached hydrogens (tertiary/aromatic N) is 2. The lowest BCUT2D eigenvalue weighted by Gasteiger charge is -2.15. The molecule has 5 nitrogen and oxygen atoms in total. The predicted octanol–water partition coefficient (Wildman–Crippen LogP) is 1.92. The van der Waals surface area contributed by atoms with Crippen molar-refractivity contribution in [3.05, 3.63) is 57.3 Å². The van der Waals surface area contributed by atoms with Crippen LogP contribution in [0.15, 0.2) is 29.3 Å². The molecule has 118 valence electrons. The highest BCUT2D eigenvalue weighted by Gasteiger charge is 2.10. The lowest BCUT2D eigenvalue weighted by molar-refractivity contribution is 0.0912. The van der Waals surface area contributed by atoms with Crippen LogP contribution in [0.5, 0.6) is 5.75 Å². The maximum absolute atomic E-state index is 12.1. The molecule has 0 saturated carbocycles. The highest BCUT2D eigenvalue weighted by Crippen LogP contribution is 2.16. The van der Waals surface area contributed by atoms with Gasteiger partial charge in [0.2, 0.25) is 0 Å². The van der Waals surface area contributed by atoms with Crippen molar-refractivity contribution >= 4 is 0 Å². The van der Waals surface area contributed by atoms with Gasteiger partial charge in [-0.1, -0.05) is 6.07 Å². The van der Waals surface area contributed by atoms with Gasteiger partial charge in [-0.25, -0.2) is 4.98 Å². The molecule has 1 N–H and O–H groups in total. The number of hydrogen-bond donors (Lipinski definition) is 1. The number of aromatic nitrogens is 2. The van der Waals surface area contributed by atoms with Crippen LogP contribution in [0.4, 0.5) is 0 Å². The fraction of sp³-hybridized carbons (Fsp3) is 0.412. The third-order valence-corrected chi connectivity index (χ3v) is 3.56. The number of aliphatic hydroxyl groups is 1. The molecule has 5 heteroatoms. The summed E-state index contributed by atoms with van der Waals surface area (Å²) in [6.45, 7) is 7.81. The van der Waals surface area contributed by atoms with Crippen molar-refractivity contribution in [3.8, 4) is 5.75 Å². The Morgan fingerprint density at radius 2 is 1.82 bits per heavy atom. The molecule has 0 aliphatic heterocycles. The maximum atomic E-state index is 12.1. The third kappa shape index (κ3) is 3.95. The summed E-state index contributed by atoms with van der Waals surface area (Å²) in [6.07, 6.45) is 0.687. The van der Waals surface area contributed by atoms with Gasteiger partial charge in [-0.15, -0.1) is 0 Å². The molecule has 1 heterocycles. The maximum Gasteiger partial charge on any atom is 0.256 e. The van der Waals surface area contributed by atoms with Crippen LogP contribution in [-0.4, -0.2) is 27.4 Å². The second-order valence-corrected chi connectivity index (χ2v) is 5.70.